The zero-order chi connectivity index (χ0) is 16.2. The Hall–Kier alpha value is -1.60. The van der Waals surface area contributed by atoms with Crippen molar-refractivity contribution >= 4 is 21.6 Å². The molecule has 0 spiro atoms. The van der Waals surface area contributed by atoms with Gasteiger partial charge in [-0.1, -0.05) is 6.92 Å². The Morgan fingerprint density at radius 2 is 1.81 bits per heavy atom. The highest BCUT2D eigenvalue weighted by molar-refractivity contribution is 7.89. The molecule has 1 amide bonds. The molecule has 118 valence electrons. The molecule has 4 N–H and O–H groups in total. The van der Waals surface area contributed by atoms with E-state index in [1.807, 2.05) is 0 Å². The molecule has 6 nitrogen and oxygen atoms in total. The Balaban J connectivity index is 3.15. The van der Waals surface area contributed by atoms with E-state index in [1.165, 1.54) is 6.92 Å². The number of benzene rings is 1. The van der Waals surface area contributed by atoms with Gasteiger partial charge in [0.15, 0.2) is 0 Å². The van der Waals surface area contributed by atoms with Gasteiger partial charge in [-0.3, -0.25) is 4.79 Å². The van der Waals surface area contributed by atoms with Gasteiger partial charge in [0.1, 0.15) is 0 Å². The monoisotopic (exact) mass is 313 g/mol. The zero-order valence-corrected chi connectivity index (χ0v) is 13.7. The maximum absolute atomic E-state index is 12.4. The van der Waals surface area contributed by atoms with E-state index in [1.54, 1.807) is 26.0 Å². The Bertz CT molecular complexity index is 603. The van der Waals surface area contributed by atoms with Crippen LogP contribution in [0.1, 0.15) is 31.4 Å². The fraction of sp³-hybridized carbons (Fsp3) is 0.500. The van der Waals surface area contributed by atoms with Crippen LogP contribution in [-0.4, -0.2) is 26.9 Å². The van der Waals surface area contributed by atoms with Crippen LogP contribution in [0.4, 0.5) is 5.69 Å². The number of primary amides is 1. The van der Waals surface area contributed by atoms with Crippen LogP contribution >= 0.6 is 0 Å². The van der Waals surface area contributed by atoms with E-state index in [2.05, 4.69) is 17.0 Å². The lowest BCUT2D eigenvalue weighted by atomic mass is 10.1. The molecular formula is C14H23N3O3S. The zero-order valence-electron chi connectivity index (χ0n) is 12.9. The van der Waals surface area contributed by atoms with E-state index in [0.717, 1.165) is 18.7 Å². The molecule has 1 unspecified atom stereocenters. The molecule has 0 aliphatic carbocycles. The molecule has 1 aromatic carbocycles. The second kappa shape index (κ2) is 6.91. The topological polar surface area (TPSA) is 101 Å². The summed E-state index contributed by atoms with van der Waals surface area (Å²) in [5, 5.41) is 3.22. The van der Waals surface area contributed by atoms with Gasteiger partial charge >= 0.3 is 0 Å². The fourth-order valence-corrected chi connectivity index (χ4v) is 3.76. The highest BCUT2D eigenvalue weighted by Crippen LogP contribution is 2.24. The highest BCUT2D eigenvalue weighted by atomic mass is 32.2. The van der Waals surface area contributed by atoms with E-state index in [4.69, 9.17) is 5.73 Å². The molecule has 0 saturated heterocycles. The summed E-state index contributed by atoms with van der Waals surface area (Å²) in [5.41, 5.74) is 7.23. The Morgan fingerprint density at radius 3 is 2.24 bits per heavy atom. The molecule has 1 aromatic rings. The molecule has 1 rings (SSSR count). The number of aryl methyl sites for hydroxylation is 2. The van der Waals surface area contributed by atoms with Crippen molar-refractivity contribution < 1.29 is 13.2 Å². The number of carbonyl (C=O) groups is 1. The van der Waals surface area contributed by atoms with Gasteiger partial charge in [-0.25, -0.2) is 8.42 Å². The van der Waals surface area contributed by atoms with Crippen LogP contribution in [-0.2, 0) is 14.8 Å². The molecule has 0 bridgehead atoms. The summed E-state index contributed by atoms with van der Waals surface area (Å²) in [5.74, 6) is -0.713. The average molecular weight is 313 g/mol. The number of nitrogens with two attached hydrogens (primary N) is 1. The van der Waals surface area contributed by atoms with E-state index >= 15 is 0 Å². The van der Waals surface area contributed by atoms with Crippen molar-refractivity contribution in [1.29, 1.82) is 0 Å². The number of rotatable bonds is 7. The maximum Gasteiger partial charge on any atom is 0.241 e. The SMILES string of the molecule is CCCNc1cc(C)c(S(=O)(=O)NC(C)C(N)=O)c(C)c1. The van der Waals surface area contributed by atoms with E-state index < -0.39 is 22.0 Å². The van der Waals surface area contributed by atoms with Gasteiger partial charge in [-0.15, -0.1) is 0 Å². The van der Waals surface area contributed by atoms with Crippen LogP contribution in [0, 0.1) is 13.8 Å². The van der Waals surface area contributed by atoms with Crippen LogP contribution in [0.2, 0.25) is 0 Å². The van der Waals surface area contributed by atoms with Crippen molar-refractivity contribution in [2.24, 2.45) is 5.73 Å². The summed E-state index contributed by atoms with van der Waals surface area (Å²) in [6, 6.07) is 2.62. The summed E-state index contributed by atoms with van der Waals surface area (Å²) < 4.78 is 27.0. The summed E-state index contributed by atoms with van der Waals surface area (Å²) in [7, 11) is -3.78. The van der Waals surface area contributed by atoms with Crippen molar-refractivity contribution in [1.82, 2.24) is 4.72 Å². The summed E-state index contributed by atoms with van der Waals surface area (Å²) >= 11 is 0. The Kier molecular flexibility index (Phi) is 5.74. The van der Waals surface area contributed by atoms with Crippen LogP contribution in [0.3, 0.4) is 0 Å². The second-order valence-corrected chi connectivity index (χ2v) is 6.76. The number of amides is 1. The third-order valence-electron chi connectivity index (χ3n) is 3.07. The first kappa shape index (κ1) is 17.5. The van der Waals surface area contributed by atoms with Gasteiger partial charge in [0.2, 0.25) is 15.9 Å². The van der Waals surface area contributed by atoms with Gasteiger partial charge in [0.25, 0.3) is 0 Å². The molecule has 21 heavy (non-hydrogen) atoms. The first-order valence-electron chi connectivity index (χ1n) is 6.85. The minimum Gasteiger partial charge on any atom is -0.385 e. The number of hydrogen-bond donors (Lipinski definition) is 3. The number of anilines is 1. The Morgan fingerprint density at radius 1 is 1.29 bits per heavy atom. The van der Waals surface area contributed by atoms with Gasteiger partial charge in [0.05, 0.1) is 10.9 Å². The second-order valence-electron chi connectivity index (χ2n) is 5.11. The van der Waals surface area contributed by atoms with Crippen LogP contribution < -0.4 is 15.8 Å². The van der Waals surface area contributed by atoms with Gasteiger partial charge in [-0.2, -0.15) is 4.72 Å². The highest BCUT2D eigenvalue weighted by Gasteiger charge is 2.24. The minimum absolute atomic E-state index is 0.192. The van der Waals surface area contributed by atoms with E-state index in [0.29, 0.717) is 11.1 Å². The summed E-state index contributed by atoms with van der Waals surface area (Å²) in [6.07, 6.45) is 0.982. The average Bonchev–Trinajstić information content (AvgIpc) is 2.34. The van der Waals surface area contributed by atoms with E-state index in [9.17, 15) is 13.2 Å². The molecule has 7 heteroatoms. The number of hydrogen-bond acceptors (Lipinski definition) is 4. The summed E-state index contributed by atoms with van der Waals surface area (Å²) in [6.45, 7) is 7.76. The molecule has 0 fully saturated rings. The van der Waals surface area contributed by atoms with Gasteiger partial charge in [0, 0.05) is 12.2 Å². The van der Waals surface area contributed by atoms with Crippen LogP contribution in [0.5, 0.6) is 0 Å². The molecule has 0 radical (unpaired) electrons. The predicted molar refractivity (Wildman–Crippen MR) is 83.7 cm³/mol. The lowest BCUT2D eigenvalue weighted by Gasteiger charge is -2.16. The van der Waals surface area contributed by atoms with E-state index in [-0.39, 0.29) is 4.90 Å². The van der Waals surface area contributed by atoms with Crippen molar-refractivity contribution in [3.05, 3.63) is 23.3 Å². The molecule has 0 aliphatic heterocycles. The Labute approximate surface area is 126 Å². The molecule has 0 heterocycles. The van der Waals surface area contributed by atoms with Crippen molar-refractivity contribution in [3.63, 3.8) is 0 Å². The lowest BCUT2D eigenvalue weighted by Crippen LogP contribution is -2.42. The first-order chi connectivity index (χ1) is 9.69. The number of sulfonamides is 1. The van der Waals surface area contributed by atoms with Crippen LogP contribution in [0.25, 0.3) is 0 Å². The number of nitrogens with one attached hydrogen (secondary N) is 2. The minimum atomic E-state index is -3.78. The maximum atomic E-state index is 12.4. The summed E-state index contributed by atoms with van der Waals surface area (Å²) in [4.78, 5) is 11.2. The molecule has 0 aromatic heterocycles. The largest absolute Gasteiger partial charge is 0.385 e. The van der Waals surface area contributed by atoms with Gasteiger partial charge in [-0.05, 0) is 50.5 Å². The number of carbonyl (C=O) groups excluding carboxylic acids is 1. The molecule has 0 aliphatic rings. The van der Waals surface area contributed by atoms with Crippen LogP contribution in [0.15, 0.2) is 17.0 Å². The molecular weight excluding hydrogens is 290 g/mol. The lowest BCUT2D eigenvalue weighted by molar-refractivity contribution is -0.119. The third kappa shape index (κ3) is 4.44. The van der Waals surface area contributed by atoms with Crippen molar-refractivity contribution in [2.45, 2.75) is 45.1 Å². The fourth-order valence-electron chi connectivity index (χ4n) is 2.10. The third-order valence-corrected chi connectivity index (χ3v) is 4.91. The van der Waals surface area contributed by atoms with Crippen molar-refractivity contribution in [3.8, 4) is 0 Å². The van der Waals surface area contributed by atoms with Gasteiger partial charge < -0.3 is 11.1 Å². The first-order valence-corrected chi connectivity index (χ1v) is 8.34. The van der Waals surface area contributed by atoms with Crippen molar-refractivity contribution in [2.75, 3.05) is 11.9 Å². The smallest absolute Gasteiger partial charge is 0.241 e. The predicted octanol–water partition coefficient (Wildman–Crippen LogP) is 1.28. The normalized spacial score (nSPS) is 13.0. The molecule has 1 atom stereocenters. The standard InChI is InChI=1S/C14H23N3O3S/c1-5-6-16-12-7-9(2)13(10(3)8-12)21(19,20)17-11(4)14(15)18/h7-8,11,16-17H,5-6H2,1-4H3,(H2,15,18). The quantitative estimate of drug-likeness (QED) is 0.705. The molecule has 0 saturated carbocycles.